The van der Waals surface area contributed by atoms with Gasteiger partial charge in [-0.25, -0.2) is 14.4 Å². The van der Waals surface area contributed by atoms with Crippen LogP contribution in [0, 0.1) is 0 Å². The van der Waals surface area contributed by atoms with Crippen LogP contribution in [0.2, 0.25) is 36.3 Å². The van der Waals surface area contributed by atoms with Gasteiger partial charge in [0.15, 0.2) is 0 Å². The van der Waals surface area contributed by atoms with Crippen molar-refractivity contribution in [2.75, 3.05) is 14.2 Å². The topological polar surface area (TPSA) is 163 Å². The fraction of sp³-hybridized carbons (Fsp3) is 0.429. The number of methoxy groups -OCH3 is 2. The Bertz CT molecular complexity index is 2230. The summed E-state index contributed by atoms with van der Waals surface area (Å²) in [6, 6.07) is 16.4. The molecular formula is C42H54F6N2O9S2Si2. The summed E-state index contributed by atoms with van der Waals surface area (Å²) < 4.78 is 97.8. The Morgan fingerprint density at radius 1 is 0.651 bits per heavy atom. The molecule has 4 N–H and O–H groups in total. The number of carboxylic acids is 1. The van der Waals surface area contributed by atoms with Crippen LogP contribution in [0.1, 0.15) is 102 Å². The molecule has 0 saturated carbocycles. The lowest BCUT2D eigenvalue weighted by Crippen LogP contribution is -2.43. The number of benzene rings is 2. The van der Waals surface area contributed by atoms with E-state index in [1.807, 2.05) is 30.3 Å². The number of amides is 1. The first kappa shape index (κ1) is 54.4. The van der Waals surface area contributed by atoms with Crippen LogP contribution < -0.4 is 19.9 Å². The number of hydrogen-bond donors (Lipinski definition) is 3. The number of hydrogen-bond acceptors (Lipinski definition) is 11. The van der Waals surface area contributed by atoms with Crippen molar-refractivity contribution in [3.8, 4) is 11.5 Å². The first-order chi connectivity index (χ1) is 28.7. The Kier molecular flexibility index (Phi) is 18.4. The van der Waals surface area contributed by atoms with Gasteiger partial charge in [0.05, 0.1) is 30.2 Å². The molecule has 0 saturated heterocycles. The summed E-state index contributed by atoms with van der Waals surface area (Å²) in [5.74, 6) is -2.93. The zero-order chi connectivity index (χ0) is 48.5. The van der Waals surface area contributed by atoms with E-state index in [4.69, 9.17) is 19.7 Å². The van der Waals surface area contributed by atoms with Crippen LogP contribution in [0.3, 0.4) is 0 Å². The zero-order valence-corrected chi connectivity index (χ0v) is 40.7. The number of ether oxygens (including phenoxy) is 2. The lowest BCUT2D eigenvalue weighted by molar-refractivity contribution is -0.138. The number of carbonyl (C=O) groups is 4. The number of nitrogens with one attached hydrogen (secondary N) is 1. The number of aromatic carboxylic acids is 1. The van der Waals surface area contributed by atoms with Crippen LogP contribution in [-0.2, 0) is 34.9 Å². The van der Waals surface area contributed by atoms with Crippen molar-refractivity contribution in [2.45, 2.75) is 103 Å². The van der Waals surface area contributed by atoms with Gasteiger partial charge >= 0.3 is 30.3 Å². The normalized spacial score (nSPS) is 12.2. The van der Waals surface area contributed by atoms with Gasteiger partial charge in [0.25, 0.3) is 5.91 Å². The largest absolute Gasteiger partial charge is 0.543 e. The third kappa shape index (κ3) is 15.5. The Hall–Kier alpha value is -4.71. The minimum atomic E-state index is -4.78. The van der Waals surface area contributed by atoms with Crippen molar-refractivity contribution in [1.29, 1.82) is 0 Å². The highest BCUT2D eigenvalue weighted by molar-refractivity contribution is 7.16. The summed E-state index contributed by atoms with van der Waals surface area (Å²) >= 11 is 0.683. The molecular weight excluding hydrogens is 911 g/mol. The number of rotatable bonds is 11. The molecule has 0 bridgehead atoms. The van der Waals surface area contributed by atoms with Gasteiger partial charge in [-0.3, -0.25) is 4.79 Å². The van der Waals surface area contributed by atoms with E-state index in [9.17, 15) is 45.5 Å². The van der Waals surface area contributed by atoms with Crippen molar-refractivity contribution in [1.82, 2.24) is 5.32 Å². The lowest BCUT2D eigenvalue weighted by Gasteiger charge is -2.36. The Morgan fingerprint density at radius 2 is 1.03 bits per heavy atom. The van der Waals surface area contributed by atoms with Gasteiger partial charge in [0.2, 0.25) is 16.6 Å². The van der Waals surface area contributed by atoms with Gasteiger partial charge in [0.1, 0.15) is 26.1 Å². The van der Waals surface area contributed by atoms with Crippen LogP contribution in [0.4, 0.5) is 26.3 Å². The van der Waals surface area contributed by atoms with Crippen molar-refractivity contribution < 1.29 is 69.0 Å². The summed E-state index contributed by atoms with van der Waals surface area (Å²) in [6.07, 6.45) is -9.55. The molecule has 2 aromatic heterocycles. The highest BCUT2D eigenvalue weighted by Crippen LogP contribution is 2.40. The molecule has 1 amide bonds. The van der Waals surface area contributed by atoms with E-state index in [-0.39, 0.29) is 32.8 Å². The van der Waals surface area contributed by atoms with Crippen molar-refractivity contribution in [2.24, 2.45) is 5.73 Å². The van der Waals surface area contributed by atoms with E-state index < -0.39 is 78.6 Å². The summed E-state index contributed by atoms with van der Waals surface area (Å²) in [6.45, 7) is 22.5. The van der Waals surface area contributed by atoms with Crippen LogP contribution >= 0.6 is 22.7 Å². The second kappa shape index (κ2) is 21.3. The van der Waals surface area contributed by atoms with Crippen molar-refractivity contribution in [3.05, 3.63) is 102 Å². The van der Waals surface area contributed by atoms with E-state index >= 15 is 0 Å². The smallest absolute Gasteiger partial charge is 0.418 e. The average molecular weight is 965 g/mol. The molecule has 348 valence electrons. The molecule has 0 aliphatic carbocycles. The standard InChI is InChI=1S/C21H26F3NO4SSi.C13H23NOSi.C8H5F3O4S/c1-20(2,3)31(5,6)29-14-9-7-8-13(10-14)12-25-18(26)16-11-15(21(22,23)24)17(30-16)19(27)28-4;1-13(2,3)16(4,5)15-12-8-6-7-11(9-12)10-14;1-15-7(14)5-3(8(9,10)11)2-4(16-5)6(12)13/h7-11H,12H2,1-6H3,(H,25,26);6-9H,10,14H2,1-5H3;2H,1H3,(H,12,13). The Balaban J connectivity index is 0.000000359. The molecule has 0 radical (unpaired) electrons. The van der Waals surface area contributed by atoms with E-state index in [1.165, 1.54) is 0 Å². The molecule has 2 heterocycles. The molecule has 2 aromatic carbocycles. The molecule has 0 fully saturated rings. The van der Waals surface area contributed by atoms with Crippen molar-refractivity contribution in [3.63, 3.8) is 0 Å². The third-order valence-electron chi connectivity index (χ3n) is 10.1. The van der Waals surface area contributed by atoms with Gasteiger partial charge in [0, 0.05) is 13.1 Å². The third-order valence-corrected chi connectivity index (χ3v) is 21.0. The maximum atomic E-state index is 13.2. The lowest BCUT2D eigenvalue weighted by atomic mass is 10.2. The highest BCUT2D eigenvalue weighted by Gasteiger charge is 2.41. The van der Waals surface area contributed by atoms with Gasteiger partial charge in [-0.15, -0.1) is 22.7 Å². The summed E-state index contributed by atoms with van der Waals surface area (Å²) in [4.78, 5) is 43.4. The molecule has 0 spiro atoms. The average Bonchev–Trinajstić information content (AvgIpc) is 3.83. The van der Waals surface area contributed by atoms with E-state index in [0.29, 0.717) is 35.8 Å². The first-order valence-corrected chi connectivity index (χ1v) is 26.5. The minimum Gasteiger partial charge on any atom is -0.543 e. The molecule has 21 heteroatoms. The molecule has 63 heavy (non-hydrogen) atoms. The Labute approximate surface area is 373 Å². The fourth-order valence-electron chi connectivity index (χ4n) is 4.53. The second-order valence-electron chi connectivity index (χ2n) is 16.9. The first-order valence-electron chi connectivity index (χ1n) is 19.0. The second-order valence-corrected chi connectivity index (χ2v) is 28.5. The maximum absolute atomic E-state index is 13.2. The molecule has 11 nitrogen and oxygen atoms in total. The molecule has 4 aromatic rings. The van der Waals surface area contributed by atoms with Crippen LogP contribution in [0.5, 0.6) is 11.5 Å². The molecule has 0 atom stereocenters. The molecule has 4 rings (SSSR count). The van der Waals surface area contributed by atoms with Crippen LogP contribution in [0.25, 0.3) is 0 Å². The van der Waals surface area contributed by atoms with Crippen LogP contribution in [-0.4, -0.2) is 59.8 Å². The van der Waals surface area contributed by atoms with Gasteiger partial charge in [-0.05, 0) is 83.8 Å². The number of alkyl halides is 6. The maximum Gasteiger partial charge on any atom is 0.418 e. The van der Waals surface area contributed by atoms with Gasteiger partial charge < -0.3 is 34.5 Å². The predicted octanol–water partition coefficient (Wildman–Crippen LogP) is 11.6. The van der Waals surface area contributed by atoms with Gasteiger partial charge in [-0.2, -0.15) is 26.3 Å². The Morgan fingerprint density at radius 3 is 1.40 bits per heavy atom. The number of carbonyl (C=O) groups excluding carboxylic acids is 3. The zero-order valence-electron chi connectivity index (χ0n) is 37.1. The predicted molar refractivity (Wildman–Crippen MR) is 236 cm³/mol. The number of carboxylic acid groups (broad SMARTS) is 1. The van der Waals surface area contributed by atoms with Gasteiger partial charge in [-0.1, -0.05) is 65.8 Å². The van der Waals surface area contributed by atoms with Crippen molar-refractivity contribution >= 4 is 63.1 Å². The number of esters is 2. The highest BCUT2D eigenvalue weighted by atomic mass is 32.1. The molecule has 0 aliphatic heterocycles. The number of halogens is 6. The quantitative estimate of drug-likeness (QED) is 0.0749. The van der Waals surface area contributed by atoms with E-state index in [1.54, 1.807) is 18.2 Å². The van der Waals surface area contributed by atoms with E-state index in [0.717, 1.165) is 31.1 Å². The SMILES string of the molecule is CC(C)(C)[Si](C)(C)Oc1cccc(CN)c1.COC(=O)c1sc(C(=O)NCc2cccc(O[Si](C)(C)C(C)(C)C)c2)cc1C(F)(F)F.COC(=O)c1sc(C(=O)O)cc1C(F)(F)F. The molecule has 0 aliphatic rings. The minimum absolute atomic E-state index is 0.0178. The number of thiophene rings is 2. The van der Waals surface area contributed by atoms with Crippen LogP contribution in [0.15, 0.2) is 60.7 Å². The summed E-state index contributed by atoms with van der Waals surface area (Å²) in [5.41, 5.74) is 5.02. The summed E-state index contributed by atoms with van der Waals surface area (Å²) in [7, 11) is -1.85. The monoisotopic (exact) mass is 964 g/mol. The van der Waals surface area contributed by atoms with E-state index in [2.05, 4.69) is 82.5 Å². The summed E-state index contributed by atoms with van der Waals surface area (Å²) in [5, 5.41) is 11.4. The fourth-order valence-corrected chi connectivity index (χ4v) is 8.52. The molecule has 0 unspecified atom stereocenters. The number of nitrogens with two attached hydrogens (primary N) is 1.